The fourth-order valence-electron chi connectivity index (χ4n) is 2.28. The van der Waals surface area contributed by atoms with Crippen LogP contribution in [0, 0.1) is 10.1 Å². The van der Waals surface area contributed by atoms with Crippen molar-refractivity contribution >= 4 is 32.9 Å². The summed E-state index contributed by atoms with van der Waals surface area (Å²) < 4.78 is 0. The molecule has 0 aliphatic rings. The van der Waals surface area contributed by atoms with Crippen LogP contribution in [0.3, 0.4) is 0 Å². The minimum atomic E-state index is -0.543. The first-order valence-electron chi connectivity index (χ1n) is 5.86. The molecule has 0 radical (unpaired) electrons. The average Bonchev–Trinajstić information content (AvgIpc) is 2.45. The molecule has 0 bridgehead atoms. The molecule has 0 aliphatic heterocycles. The predicted molar refractivity (Wildman–Crippen MR) is 76.9 cm³/mol. The van der Waals surface area contributed by atoms with E-state index in [1.54, 1.807) is 6.07 Å². The summed E-state index contributed by atoms with van der Waals surface area (Å²) in [6.45, 7) is 0. The Morgan fingerprint density at radius 2 is 1.75 bits per heavy atom. The van der Waals surface area contributed by atoms with E-state index in [1.165, 1.54) is 6.07 Å². The first kappa shape index (κ1) is 12.0. The highest BCUT2D eigenvalue weighted by Crippen LogP contribution is 2.37. The third kappa shape index (κ3) is 1.81. The zero-order valence-electron chi connectivity index (χ0n) is 10.2. The van der Waals surface area contributed by atoms with Gasteiger partial charge in [0.15, 0.2) is 0 Å². The minimum absolute atomic E-state index is 0.0563. The molecule has 0 amide bonds. The summed E-state index contributed by atoms with van der Waals surface area (Å²) in [6.07, 6.45) is 0. The Bertz CT molecular complexity index is 898. The summed E-state index contributed by atoms with van der Waals surface area (Å²) >= 11 is 0. The maximum atomic E-state index is 11.0. The molecule has 0 heterocycles. The van der Waals surface area contributed by atoms with E-state index in [1.807, 2.05) is 36.4 Å². The van der Waals surface area contributed by atoms with Crippen LogP contribution in [-0.4, -0.2) is 4.92 Å². The third-order valence-electron chi connectivity index (χ3n) is 3.18. The van der Waals surface area contributed by atoms with Gasteiger partial charge in [-0.05, 0) is 45.3 Å². The number of nitro groups is 1. The number of fused-ring (bicyclic) bond motifs is 2. The lowest BCUT2D eigenvalue weighted by molar-refractivity contribution is -0.383. The Labute approximate surface area is 113 Å². The van der Waals surface area contributed by atoms with Crippen molar-refractivity contribution in [1.82, 2.24) is 0 Å². The van der Waals surface area contributed by atoms with Gasteiger partial charge in [-0.3, -0.25) is 10.1 Å². The van der Waals surface area contributed by atoms with Crippen LogP contribution < -0.4 is 0 Å². The number of azide groups is 1. The first-order valence-corrected chi connectivity index (χ1v) is 5.86. The van der Waals surface area contributed by atoms with E-state index in [0.29, 0.717) is 5.39 Å². The molecule has 3 rings (SSSR count). The predicted octanol–water partition coefficient (Wildman–Crippen LogP) is 4.84. The molecule has 3 aromatic carbocycles. The molecule has 0 saturated heterocycles. The van der Waals surface area contributed by atoms with Gasteiger partial charge in [-0.1, -0.05) is 29.4 Å². The van der Waals surface area contributed by atoms with Crippen molar-refractivity contribution in [2.45, 2.75) is 0 Å². The van der Waals surface area contributed by atoms with Crippen molar-refractivity contribution in [1.29, 1.82) is 0 Å². The monoisotopic (exact) mass is 264 g/mol. The standard InChI is InChI=1S/C14H8N4O2/c15-17-16-14-12-8-10-4-2-1-3-9(10)7-11(12)5-6-13(14)18(19)20/h1-8H. The number of hydrogen-bond acceptors (Lipinski definition) is 3. The molecule has 96 valence electrons. The zero-order chi connectivity index (χ0) is 14.1. The van der Waals surface area contributed by atoms with Gasteiger partial charge in [-0.2, -0.15) is 0 Å². The molecule has 6 nitrogen and oxygen atoms in total. The second-order valence-electron chi connectivity index (χ2n) is 4.30. The van der Waals surface area contributed by atoms with E-state index >= 15 is 0 Å². The lowest BCUT2D eigenvalue weighted by Gasteiger charge is -2.05. The van der Waals surface area contributed by atoms with Crippen LogP contribution in [0.5, 0.6) is 0 Å². The lowest BCUT2D eigenvalue weighted by Crippen LogP contribution is -1.89. The van der Waals surface area contributed by atoms with Crippen LogP contribution in [0.4, 0.5) is 11.4 Å². The van der Waals surface area contributed by atoms with Gasteiger partial charge in [-0.25, -0.2) is 0 Å². The number of rotatable bonds is 2. The molecule has 0 atom stereocenters. The van der Waals surface area contributed by atoms with E-state index in [4.69, 9.17) is 5.53 Å². The maximum absolute atomic E-state index is 11.0. The Kier molecular flexibility index (Phi) is 2.71. The molecule has 0 aliphatic carbocycles. The fraction of sp³-hybridized carbons (Fsp3) is 0. The van der Waals surface area contributed by atoms with E-state index in [2.05, 4.69) is 10.0 Å². The molecular formula is C14H8N4O2. The fourth-order valence-corrected chi connectivity index (χ4v) is 2.28. The normalized spacial score (nSPS) is 10.4. The van der Waals surface area contributed by atoms with Gasteiger partial charge in [0.05, 0.1) is 4.92 Å². The Morgan fingerprint density at radius 1 is 1.05 bits per heavy atom. The average molecular weight is 264 g/mol. The van der Waals surface area contributed by atoms with Crippen LogP contribution in [0.25, 0.3) is 32.0 Å². The van der Waals surface area contributed by atoms with Crippen LogP contribution in [0.15, 0.2) is 53.6 Å². The van der Waals surface area contributed by atoms with Gasteiger partial charge in [0.1, 0.15) is 5.69 Å². The molecule has 20 heavy (non-hydrogen) atoms. The second-order valence-corrected chi connectivity index (χ2v) is 4.30. The van der Waals surface area contributed by atoms with Crippen molar-refractivity contribution in [3.05, 3.63) is 69.1 Å². The molecule has 6 heteroatoms. The molecule has 0 aromatic heterocycles. The molecule has 0 unspecified atom stereocenters. The summed E-state index contributed by atoms with van der Waals surface area (Å²) in [5.74, 6) is 0. The Hall–Kier alpha value is -3.11. The summed E-state index contributed by atoms with van der Waals surface area (Å²) in [4.78, 5) is 13.2. The minimum Gasteiger partial charge on any atom is -0.258 e. The van der Waals surface area contributed by atoms with E-state index in [0.717, 1.165) is 16.2 Å². The van der Waals surface area contributed by atoms with E-state index in [9.17, 15) is 10.1 Å². The van der Waals surface area contributed by atoms with Gasteiger partial charge in [0, 0.05) is 11.0 Å². The summed E-state index contributed by atoms with van der Waals surface area (Å²) in [5.41, 5.74) is 8.50. The summed E-state index contributed by atoms with van der Waals surface area (Å²) in [6, 6.07) is 14.4. The first-order chi connectivity index (χ1) is 9.70. The molecule has 0 fully saturated rings. The maximum Gasteiger partial charge on any atom is 0.279 e. The van der Waals surface area contributed by atoms with E-state index < -0.39 is 4.92 Å². The zero-order valence-corrected chi connectivity index (χ0v) is 10.2. The SMILES string of the molecule is [N-]=[N+]=Nc1c([N+](=O)[O-])ccc2cc3ccccc3cc12. The molecule has 3 aromatic rings. The van der Waals surface area contributed by atoms with Gasteiger partial charge in [0.2, 0.25) is 0 Å². The number of nitro benzene ring substituents is 1. The van der Waals surface area contributed by atoms with Gasteiger partial charge in [-0.15, -0.1) is 0 Å². The van der Waals surface area contributed by atoms with Gasteiger partial charge < -0.3 is 0 Å². The highest BCUT2D eigenvalue weighted by atomic mass is 16.6. The van der Waals surface area contributed by atoms with Gasteiger partial charge in [0.25, 0.3) is 5.69 Å². The second kappa shape index (κ2) is 4.53. The molecular weight excluding hydrogens is 256 g/mol. The largest absolute Gasteiger partial charge is 0.279 e. The van der Waals surface area contributed by atoms with Crippen LogP contribution >= 0.6 is 0 Å². The van der Waals surface area contributed by atoms with Crippen molar-refractivity contribution in [3.63, 3.8) is 0 Å². The smallest absolute Gasteiger partial charge is 0.258 e. The Balaban J connectivity index is 2.48. The molecule has 0 saturated carbocycles. The van der Waals surface area contributed by atoms with Crippen molar-refractivity contribution in [2.24, 2.45) is 5.11 Å². The third-order valence-corrected chi connectivity index (χ3v) is 3.18. The van der Waals surface area contributed by atoms with Crippen LogP contribution in [0.2, 0.25) is 0 Å². The number of hydrogen-bond donors (Lipinski definition) is 0. The quantitative estimate of drug-likeness (QED) is 0.165. The van der Waals surface area contributed by atoms with Crippen molar-refractivity contribution in [3.8, 4) is 0 Å². The highest BCUT2D eigenvalue weighted by Gasteiger charge is 2.15. The van der Waals surface area contributed by atoms with Crippen LogP contribution in [0.1, 0.15) is 0 Å². The Morgan fingerprint density at radius 3 is 2.40 bits per heavy atom. The lowest BCUT2D eigenvalue weighted by atomic mass is 10.0. The topological polar surface area (TPSA) is 91.9 Å². The summed E-state index contributed by atoms with van der Waals surface area (Å²) in [5, 5.41) is 17.9. The number of nitrogens with zero attached hydrogens (tertiary/aromatic N) is 4. The number of benzene rings is 3. The highest BCUT2D eigenvalue weighted by molar-refractivity contribution is 6.05. The van der Waals surface area contributed by atoms with Gasteiger partial charge >= 0.3 is 0 Å². The van der Waals surface area contributed by atoms with Crippen molar-refractivity contribution < 1.29 is 4.92 Å². The summed E-state index contributed by atoms with van der Waals surface area (Å²) in [7, 11) is 0. The van der Waals surface area contributed by atoms with E-state index in [-0.39, 0.29) is 11.4 Å². The van der Waals surface area contributed by atoms with Crippen molar-refractivity contribution in [2.75, 3.05) is 0 Å². The molecule has 0 spiro atoms. The molecule has 0 N–H and O–H groups in total. The van der Waals surface area contributed by atoms with Crippen LogP contribution in [-0.2, 0) is 0 Å².